The summed E-state index contributed by atoms with van der Waals surface area (Å²) in [7, 11) is 0. The molecule has 24 heavy (non-hydrogen) atoms. The molecule has 0 spiro atoms. The van der Waals surface area contributed by atoms with E-state index in [1.807, 2.05) is 37.3 Å². The molecule has 0 aliphatic heterocycles. The normalized spacial score (nSPS) is 15.2. The molecule has 1 amide bonds. The Morgan fingerprint density at radius 2 is 2.12 bits per heavy atom. The number of nitrogens with one attached hydrogen (secondary N) is 2. The van der Waals surface area contributed by atoms with Gasteiger partial charge in [-0.3, -0.25) is 4.79 Å². The number of carbonyl (C=O) groups is 1. The van der Waals surface area contributed by atoms with Crippen LogP contribution in [0.5, 0.6) is 11.6 Å². The second-order valence-electron chi connectivity index (χ2n) is 6.12. The molecule has 1 fully saturated rings. The number of fused-ring (bicyclic) bond motifs is 1. The van der Waals surface area contributed by atoms with Crippen LogP contribution < -0.4 is 10.1 Å². The van der Waals surface area contributed by atoms with Gasteiger partial charge in [-0.1, -0.05) is 18.2 Å². The van der Waals surface area contributed by atoms with Gasteiger partial charge in [-0.15, -0.1) is 0 Å². The van der Waals surface area contributed by atoms with Crippen LogP contribution in [0.1, 0.15) is 30.1 Å². The van der Waals surface area contributed by atoms with Crippen molar-refractivity contribution in [1.29, 1.82) is 0 Å². The Hall–Kier alpha value is -2.89. The second-order valence-corrected chi connectivity index (χ2v) is 6.12. The summed E-state index contributed by atoms with van der Waals surface area (Å²) in [5.74, 6) is 1.50. The molecule has 1 atom stereocenters. The number of aromatic amines is 1. The molecular formula is C18H18N4O2. The van der Waals surface area contributed by atoms with Crippen LogP contribution in [-0.2, 0) is 0 Å². The van der Waals surface area contributed by atoms with Crippen molar-refractivity contribution >= 4 is 17.1 Å². The van der Waals surface area contributed by atoms with Gasteiger partial charge < -0.3 is 15.0 Å². The van der Waals surface area contributed by atoms with Gasteiger partial charge in [0.2, 0.25) is 5.88 Å². The first-order valence-corrected chi connectivity index (χ1v) is 8.08. The van der Waals surface area contributed by atoms with Crippen LogP contribution in [0.15, 0.2) is 42.7 Å². The van der Waals surface area contributed by atoms with Crippen LogP contribution in [0.4, 0.5) is 0 Å². The highest BCUT2D eigenvalue weighted by atomic mass is 16.5. The van der Waals surface area contributed by atoms with Crippen molar-refractivity contribution in [1.82, 2.24) is 20.3 Å². The maximum absolute atomic E-state index is 12.5. The molecule has 1 saturated carbocycles. The predicted molar refractivity (Wildman–Crippen MR) is 90.1 cm³/mol. The minimum absolute atomic E-state index is 0.133. The van der Waals surface area contributed by atoms with Crippen LogP contribution in [0, 0.1) is 5.92 Å². The summed E-state index contributed by atoms with van der Waals surface area (Å²) in [6, 6.07) is 9.55. The van der Waals surface area contributed by atoms with E-state index < -0.39 is 0 Å². The zero-order chi connectivity index (χ0) is 16.5. The molecule has 2 heterocycles. The Morgan fingerprint density at radius 3 is 2.88 bits per heavy atom. The lowest BCUT2D eigenvalue weighted by molar-refractivity contribution is 0.0937. The first-order valence-electron chi connectivity index (χ1n) is 8.08. The Balaban J connectivity index is 1.59. The molecule has 2 aromatic heterocycles. The number of benzene rings is 1. The van der Waals surface area contributed by atoms with Crippen molar-refractivity contribution in [2.45, 2.75) is 25.8 Å². The van der Waals surface area contributed by atoms with Gasteiger partial charge in [0.05, 0.1) is 11.8 Å². The van der Waals surface area contributed by atoms with Crippen LogP contribution in [0.2, 0.25) is 0 Å². The molecule has 4 rings (SSSR count). The third-order valence-electron chi connectivity index (χ3n) is 4.26. The Bertz CT molecular complexity index is 871. The number of para-hydroxylation sites is 1. The van der Waals surface area contributed by atoms with E-state index in [9.17, 15) is 4.79 Å². The van der Waals surface area contributed by atoms with Crippen molar-refractivity contribution < 1.29 is 9.53 Å². The lowest BCUT2D eigenvalue weighted by Gasteiger charge is -2.11. The topological polar surface area (TPSA) is 79.9 Å². The number of aromatic nitrogens is 3. The smallest absolute Gasteiger partial charge is 0.255 e. The van der Waals surface area contributed by atoms with Gasteiger partial charge in [0.25, 0.3) is 5.91 Å². The molecule has 0 radical (unpaired) electrons. The fraction of sp³-hybridized carbons (Fsp3) is 0.278. The Morgan fingerprint density at radius 1 is 1.33 bits per heavy atom. The molecule has 0 saturated heterocycles. The summed E-state index contributed by atoms with van der Waals surface area (Å²) in [6.07, 6.45) is 5.56. The van der Waals surface area contributed by atoms with Crippen molar-refractivity contribution in [3.05, 3.63) is 48.3 Å². The van der Waals surface area contributed by atoms with E-state index in [1.54, 1.807) is 12.4 Å². The average Bonchev–Trinajstić information content (AvgIpc) is 3.36. The van der Waals surface area contributed by atoms with Crippen LogP contribution in [0.3, 0.4) is 0 Å². The standard InChI is InChI=1S/C18H18N4O2/c1-11(12-7-8-12)21-18(23)14-9-19-17-16(14)22-15(10-20-17)24-13-5-3-2-4-6-13/h2-6,9-12H,7-8H2,1H3,(H,19,20)(H,21,23)/t11-/m0/s1. The molecule has 0 bridgehead atoms. The van der Waals surface area contributed by atoms with Crippen LogP contribution in [0.25, 0.3) is 11.2 Å². The molecule has 0 unspecified atom stereocenters. The van der Waals surface area contributed by atoms with E-state index in [0.29, 0.717) is 34.3 Å². The molecule has 3 aromatic rings. The van der Waals surface area contributed by atoms with Gasteiger partial charge in [-0.25, -0.2) is 9.97 Å². The highest BCUT2D eigenvalue weighted by Crippen LogP contribution is 2.32. The number of rotatable bonds is 5. The lowest BCUT2D eigenvalue weighted by atomic mass is 10.2. The highest BCUT2D eigenvalue weighted by molar-refractivity contribution is 6.04. The van der Waals surface area contributed by atoms with E-state index >= 15 is 0 Å². The molecule has 122 valence electrons. The number of amides is 1. The molecular weight excluding hydrogens is 304 g/mol. The van der Waals surface area contributed by atoms with Crippen LogP contribution in [-0.4, -0.2) is 26.9 Å². The van der Waals surface area contributed by atoms with E-state index in [-0.39, 0.29) is 11.9 Å². The van der Waals surface area contributed by atoms with Crippen molar-refractivity contribution in [3.8, 4) is 11.6 Å². The molecule has 2 N–H and O–H groups in total. The minimum atomic E-state index is -0.133. The van der Waals surface area contributed by atoms with Gasteiger partial charge >= 0.3 is 0 Å². The van der Waals surface area contributed by atoms with Gasteiger partial charge in [-0.05, 0) is 37.8 Å². The monoisotopic (exact) mass is 322 g/mol. The number of ether oxygens (including phenoxy) is 1. The summed E-state index contributed by atoms with van der Waals surface area (Å²) in [4.78, 5) is 24.2. The zero-order valence-corrected chi connectivity index (χ0v) is 13.3. The number of carbonyl (C=O) groups excluding carboxylic acids is 1. The van der Waals surface area contributed by atoms with E-state index in [0.717, 1.165) is 0 Å². The summed E-state index contributed by atoms with van der Waals surface area (Å²) >= 11 is 0. The Kier molecular flexibility index (Phi) is 3.65. The van der Waals surface area contributed by atoms with Crippen molar-refractivity contribution in [3.63, 3.8) is 0 Å². The summed E-state index contributed by atoms with van der Waals surface area (Å²) in [6.45, 7) is 2.04. The van der Waals surface area contributed by atoms with Crippen LogP contribution >= 0.6 is 0 Å². The Labute approximate surface area is 139 Å². The lowest BCUT2D eigenvalue weighted by Crippen LogP contribution is -2.33. The number of H-pyrrole nitrogens is 1. The van der Waals surface area contributed by atoms with Gasteiger partial charge in [-0.2, -0.15) is 0 Å². The largest absolute Gasteiger partial charge is 0.437 e. The highest BCUT2D eigenvalue weighted by Gasteiger charge is 2.29. The van der Waals surface area contributed by atoms with Crippen molar-refractivity contribution in [2.24, 2.45) is 5.92 Å². The second kappa shape index (κ2) is 5.96. The summed E-state index contributed by atoms with van der Waals surface area (Å²) in [5.41, 5.74) is 1.58. The summed E-state index contributed by atoms with van der Waals surface area (Å²) < 4.78 is 5.70. The third-order valence-corrected chi connectivity index (χ3v) is 4.26. The molecule has 1 aromatic carbocycles. The minimum Gasteiger partial charge on any atom is -0.437 e. The fourth-order valence-electron chi connectivity index (χ4n) is 2.71. The maximum atomic E-state index is 12.5. The third kappa shape index (κ3) is 2.95. The first-order chi connectivity index (χ1) is 11.7. The maximum Gasteiger partial charge on any atom is 0.255 e. The summed E-state index contributed by atoms with van der Waals surface area (Å²) in [5, 5.41) is 3.04. The van der Waals surface area contributed by atoms with E-state index in [2.05, 4.69) is 20.3 Å². The van der Waals surface area contributed by atoms with E-state index in [4.69, 9.17) is 4.74 Å². The van der Waals surface area contributed by atoms with Gasteiger partial charge in [0.1, 0.15) is 11.3 Å². The number of hydrogen-bond donors (Lipinski definition) is 2. The molecule has 1 aliphatic carbocycles. The molecule has 1 aliphatic rings. The molecule has 6 heteroatoms. The number of hydrogen-bond acceptors (Lipinski definition) is 4. The fourth-order valence-corrected chi connectivity index (χ4v) is 2.71. The first kappa shape index (κ1) is 14.7. The quantitative estimate of drug-likeness (QED) is 0.755. The zero-order valence-electron chi connectivity index (χ0n) is 13.3. The molecule has 6 nitrogen and oxygen atoms in total. The predicted octanol–water partition coefficient (Wildman–Crippen LogP) is 3.28. The SMILES string of the molecule is C[C@H](NC(=O)c1c[nH]c2ncc(Oc3ccccc3)nc12)C1CC1. The average molecular weight is 322 g/mol. The van der Waals surface area contributed by atoms with Gasteiger partial charge in [0.15, 0.2) is 5.65 Å². The van der Waals surface area contributed by atoms with Crippen molar-refractivity contribution in [2.75, 3.05) is 0 Å². The van der Waals surface area contributed by atoms with E-state index in [1.165, 1.54) is 12.8 Å². The number of nitrogens with zero attached hydrogens (tertiary/aromatic N) is 2. The van der Waals surface area contributed by atoms with Gasteiger partial charge in [0, 0.05) is 12.2 Å².